The first-order chi connectivity index (χ1) is 9.24. The topological polar surface area (TPSA) is 108 Å². The zero-order chi connectivity index (χ0) is 15.8. The molecule has 9 heteroatoms. The summed E-state index contributed by atoms with van der Waals surface area (Å²) in [5, 5.41) is 2.20. The van der Waals surface area contributed by atoms with Crippen LogP contribution in [0, 0.1) is 0 Å². The van der Waals surface area contributed by atoms with E-state index in [1.165, 1.54) is 0 Å². The van der Waals surface area contributed by atoms with E-state index in [0.717, 1.165) is 19.9 Å². The van der Waals surface area contributed by atoms with Crippen molar-refractivity contribution in [3.8, 4) is 0 Å². The van der Waals surface area contributed by atoms with E-state index in [2.05, 4.69) is 11.9 Å². The van der Waals surface area contributed by atoms with Gasteiger partial charge in [-0.1, -0.05) is 13.5 Å². The van der Waals surface area contributed by atoms with E-state index >= 15 is 0 Å². The molecule has 1 amide bonds. The highest BCUT2D eigenvalue weighted by atomic mass is 28.4. The summed E-state index contributed by atoms with van der Waals surface area (Å²) in [6.07, 6.45) is 0.982. The number of carbonyl (C=O) groups is 4. The Balaban J connectivity index is 4.81. The van der Waals surface area contributed by atoms with E-state index in [1.807, 2.05) is 0 Å². The molecule has 0 aromatic carbocycles. The Labute approximate surface area is 117 Å². The number of amides is 1. The largest absolute Gasteiger partial charge is 0.704 e. The molecule has 0 spiro atoms. The van der Waals surface area contributed by atoms with Crippen LogP contribution in [0.25, 0.3) is 0 Å². The molecule has 0 aliphatic rings. The first-order valence-corrected chi connectivity index (χ1v) is 7.69. The lowest BCUT2D eigenvalue weighted by Crippen LogP contribution is -2.50. The molecule has 0 rings (SSSR count). The number of hydrogen-bond acceptors (Lipinski definition) is 7. The average Bonchev–Trinajstić information content (AvgIpc) is 2.34. The molecule has 0 atom stereocenters. The maximum atomic E-state index is 11.6. The Kier molecular flexibility index (Phi) is 7.22. The molecule has 0 radical (unpaired) electrons. The Morgan fingerprint density at radius 2 is 1.60 bits per heavy atom. The van der Waals surface area contributed by atoms with Crippen molar-refractivity contribution in [3.63, 3.8) is 0 Å². The summed E-state index contributed by atoms with van der Waals surface area (Å²) < 4.78 is 14.7. The molecule has 0 saturated heterocycles. The first kappa shape index (κ1) is 17.8. The third-order valence-corrected chi connectivity index (χ3v) is 4.49. The van der Waals surface area contributed by atoms with Crippen LogP contribution in [0.1, 0.15) is 20.8 Å². The quantitative estimate of drug-likeness (QED) is 0.517. The van der Waals surface area contributed by atoms with Crippen LogP contribution >= 0.6 is 0 Å². The van der Waals surface area contributed by atoms with Crippen LogP contribution in [0.2, 0.25) is 6.04 Å². The lowest BCUT2D eigenvalue weighted by Gasteiger charge is -2.25. The minimum absolute atomic E-state index is 0.0350. The molecule has 20 heavy (non-hydrogen) atoms. The van der Waals surface area contributed by atoms with E-state index in [4.69, 9.17) is 13.3 Å². The molecule has 0 saturated carbocycles. The summed E-state index contributed by atoms with van der Waals surface area (Å²) in [6.45, 7) is 6.52. The maximum Gasteiger partial charge on any atom is 0.704 e. The van der Waals surface area contributed by atoms with Gasteiger partial charge in [0.15, 0.2) is 0 Å². The van der Waals surface area contributed by atoms with E-state index < -0.39 is 39.2 Å². The van der Waals surface area contributed by atoms with E-state index in [0.29, 0.717) is 0 Å². The summed E-state index contributed by atoms with van der Waals surface area (Å²) in [5.41, 5.74) is 0. The number of nitrogens with one attached hydrogen (secondary N) is 1. The van der Waals surface area contributed by atoms with Gasteiger partial charge in [-0.05, 0) is 6.08 Å². The van der Waals surface area contributed by atoms with Gasteiger partial charge in [0.05, 0.1) is 6.04 Å². The Morgan fingerprint density at radius 1 is 1.10 bits per heavy atom. The van der Waals surface area contributed by atoms with Gasteiger partial charge in [0.2, 0.25) is 5.91 Å². The monoisotopic (exact) mass is 303 g/mol. The molecule has 0 aromatic rings. The van der Waals surface area contributed by atoms with Crippen molar-refractivity contribution >= 4 is 32.6 Å². The van der Waals surface area contributed by atoms with Crippen molar-refractivity contribution in [1.29, 1.82) is 0 Å². The predicted molar refractivity (Wildman–Crippen MR) is 69.1 cm³/mol. The van der Waals surface area contributed by atoms with Gasteiger partial charge in [0.1, 0.15) is 6.54 Å². The Bertz CT molecular complexity index is 405. The number of rotatable bonds is 7. The van der Waals surface area contributed by atoms with Gasteiger partial charge in [0, 0.05) is 13.8 Å². The van der Waals surface area contributed by atoms with Gasteiger partial charge < -0.3 is 18.6 Å². The number of carbonyl (C=O) groups excluding carboxylic acids is 4. The number of hydrogen-bond donors (Lipinski definition) is 1. The SMILES string of the molecule is C=CC(=O)NCC(=O)O[Si](CC)(OC(C)=O)OC(C)=O. The molecule has 0 fully saturated rings. The van der Waals surface area contributed by atoms with Gasteiger partial charge in [-0.2, -0.15) is 0 Å². The van der Waals surface area contributed by atoms with Crippen LogP contribution in [0.15, 0.2) is 12.7 Å². The zero-order valence-corrected chi connectivity index (χ0v) is 12.6. The van der Waals surface area contributed by atoms with Crippen molar-refractivity contribution in [2.45, 2.75) is 26.8 Å². The second kappa shape index (κ2) is 8.10. The fourth-order valence-electron chi connectivity index (χ4n) is 1.16. The summed E-state index contributed by atoms with van der Waals surface area (Å²) in [5.74, 6) is -2.91. The van der Waals surface area contributed by atoms with Gasteiger partial charge >= 0.3 is 14.8 Å². The van der Waals surface area contributed by atoms with Crippen LogP contribution in [-0.4, -0.2) is 39.2 Å². The lowest BCUT2D eigenvalue weighted by atomic mass is 10.5. The normalized spacial score (nSPS) is 10.2. The van der Waals surface area contributed by atoms with Crippen LogP contribution in [-0.2, 0) is 32.5 Å². The maximum absolute atomic E-state index is 11.6. The van der Waals surface area contributed by atoms with Crippen molar-refractivity contribution in [3.05, 3.63) is 12.7 Å². The minimum Gasteiger partial charge on any atom is -0.455 e. The van der Waals surface area contributed by atoms with Gasteiger partial charge in [-0.15, -0.1) is 0 Å². The Morgan fingerprint density at radius 3 is 1.95 bits per heavy atom. The van der Waals surface area contributed by atoms with E-state index in [9.17, 15) is 19.2 Å². The van der Waals surface area contributed by atoms with Gasteiger partial charge in [-0.25, -0.2) is 0 Å². The Hall–Kier alpha value is -2.16. The highest BCUT2D eigenvalue weighted by Crippen LogP contribution is 2.16. The summed E-state index contributed by atoms with van der Waals surface area (Å²) in [6, 6.07) is 0.0350. The predicted octanol–water partition coefficient (Wildman–Crippen LogP) is -0.0832. The summed E-state index contributed by atoms with van der Waals surface area (Å²) in [4.78, 5) is 44.6. The van der Waals surface area contributed by atoms with Crippen LogP contribution < -0.4 is 5.32 Å². The van der Waals surface area contributed by atoms with Crippen molar-refractivity contribution in [2.24, 2.45) is 0 Å². The molecular formula is C11H17NO7Si. The molecule has 0 aromatic heterocycles. The molecule has 0 heterocycles. The van der Waals surface area contributed by atoms with E-state index in [-0.39, 0.29) is 6.04 Å². The first-order valence-electron chi connectivity index (χ1n) is 5.76. The molecule has 112 valence electrons. The second-order valence-electron chi connectivity index (χ2n) is 3.62. The molecule has 0 aliphatic carbocycles. The molecule has 0 unspecified atom stereocenters. The van der Waals surface area contributed by atoms with Gasteiger partial charge in [0.25, 0.3) is 11.9 Å². The third kappa shape index (κ3) is 6.68. The van der Waals surface area contributed by atoms with Crippen molar-refractivity contribution in [1.82, 2.24) is 5.32 Å². The molecular weight excluding hydrogens is 286 g/mol. The zero-order valence-electron chi connectivity index (χ0n) is 11.6. The van der Waals surface area contributed by atoms with Gasteiger partial charge in [-0.3, -0.25) is 19.2 Å². The lowest BCUT2D eigenvalue weighted by molar-refractivity contribution is -0.149. The summed E-state index contributed by atoms with van der Waals surface area (Å²) in [7, 11) is -3.77. The molecule has 0 aliphatic heterocycles. The second-order valence-corrected chi connectivity index (χ2v) is 6.31. The van der Waals surface area contributed by atoms with Crippen molar-refractivity contribution < 1.29 is 32.5 Å². The van der Waals surface area contributed by atoms with Crippen molar-refractivity contribution in [2.75, 3.05) is 6.54 Å². The average molecular weight is 303 g/mol. The van der Waals surface area contributed by atoms with Crippen LogP contribution in [0.3, 0.4) is 0 Å². The highest BCUT2D eigenvalue weighted by molar-refractivity contribution is 6.65. The molecule has 8 nitrogen and oxygen atoms in total. The van der Waals surface area contributed by atoms with Crippen LogP contribution in [0.4, 0.5) is 0 Å². The summed E-state index contributed by atoms with van der Waals surface area (Å²) >= 11 is 0. The third-order valence-electron chi connectivity index (χ3n) is 1.89. The fraction of sp³-hybridized carbons (Fsp3) is 0.455. The molecule has 1 N–H and O–H groups in total. The fourth-order valence-corrected chi connectivity index (χ4v) is 3.01. The highest BCUT2D eigenvalue weighted by Gasteiger charge is 2.50. The smallest absolute Gasteiger partial charge is 0.455 e. The van der Waals surface area contributed by atoms with Crippen LogP contribution in [0.5, 0.6) is 0 Å². The molecule has 0 bridgehead atoms. The van der Waals surface area contributed by atoms with E-state index in [1.54, 1.807) is 6.92 Å². The standard InChI is InChI=1S/C11H17NO7Si/c1-5-10(15)12-7-11(16)19-20(6-2,17-8(3)13)18-9(4)14/h5H,1,6-7H2,2-4H3,(H,12,15). The minimum atomic E-state index is -3.77.